The molecule has 8 amide bonds. The van der Waals surface area contributed by atoms with Crippen LogP contribution >= 0.6 is 0 Å². The summed E-state index contributed by atoms with van der Waals surface area (Å²) >= 11 is 0. The monoisotopic (exact) mass is 1140 g/mol. The van der Waals surface area contributed by atoms with Crippen LogP contribution in [0.2, 0.25) is 0 Å². The number of carboxylic acid groups (broad SMARTS) is 3. The molecule has 0 aliphatic carbocycles. The van der Waals surface area contributed by atoms with Crippen molar-refractivity contribution in [2.45, 2.75) is 173 Å². The van der Waals surface area contributed by atoms with E-state index in [1.165, 1.54) is 24.3 Å². The Hall–Kier alpha value is -7.71. The number of carboxylic acids is 3. The molecule has 81 heavy (non-hydrogen) atoms. The molecule has 0 spiro atoms. The SMILES string of the molecule is CC[C@H](C)[C@H](NC(=O)[C@H](CC(C)C)NC(=O)[C@H](Cc1ccc(O)cc1)NC(=O)[C@H](CO)NC(=O)[C@H](Cc1ccccc1)NC(=O)[C@H](CC(C)C)NC(=O)[C@@H](N)CCC(=O)O)C(=O)N[C@@H](CCC(=O)O)C(=O)N[C@@H](CCCCN)C(=O)O. The van der Waals surface area contributed by atoms with Crippen molar-refractivity contribution in [2.75, 3.05) is 13.2 Å². The summed E-state index contributed by atoms with van der Waals surface area (Å²) in [5.41, 5.74) is 12.4. The van der Waals surface area contributed by atoms with Gasteiger partial charge >= 0.3 is 17.9 Å². The number of hydrogen-bond donors (Lipinski definition) is 15. The van der Waals surface area contributed by atoms with Gasteiger partial charge in [0.05, 0.1) is 12.6 Å². The molecule has 0 radical (unpaired) electrons. The van der Waals surface area contributed by atoms with Crippen molar-refractivity contribution < 1.29 is 78.3 Å². The summed E-state index contributed by atoms with van der Waals surface area (Å²) in [5.74, 6) is -12.4. The Kier molecular flexibility index (Phi) is 30.7. The van der Waals surface area contributed by atoms with E-state index in [0.29, 0.717) is 30.4 Å². The maximum absolute atomic E-state index is 14.5. The van der Waals surface area contributed by atoms with Gasteiger partial charge in [0, 0.05) is 25.7 Å². The summed E-state index contributed by atoms with van der Waals surface area (Å²) in [6, 6.07) is 1.04. The van der Waals surface area contributed by atoms with Crippen molar-refractivity contribution in [3.8, 4) is 5.75 Å². The summed E-state index contributed by atoms with van der Waals surface area (Å²) in [7, 11) is 0. The number of nitrogens with two attached hydrogens (primary N) is 2. The smallest absolute Gasteiger partial charge is 0.326 e. The van der Waals surface area contributed by atoms with E-state index in [0.717, 1.165) is 0 Å². The molecule has 0 saturated heterocycles. The minimum atomic E-state index is -1.77. The largest absolute Gasteiger partial charge is 0.508 e. The highest BCUT2D eigenvalue weighted by molar-refractivity contribution is 5.98. The van der Waals surface area contributed by atoms with Crippen molar-refractivity contribution in [1.82, 2.24) is 42.5 Å². The van der Waals surface area contributed by atoms with Crippen LogP contribution in [0, 0.1) is 17.8 Å². The van der Waals surface area contributed by atoms with E-state index in [1.54, 1.807) is 71.9 Å². The molecule has 17 N–H and O–H groups in total. The second-order valence-corrected chi connectivity index (χ2v) is 20.9. The molecule has 0 aliphatic rings. The second kappa shape index (κ2) is 35.8. The van der Waals surface area contributed by atoms with Crippen molar-refractivity contribution >= 4 is 65.2 Å². The van der Waals surface area contributed by atoms with Crippen LogP contribution in [-0.4, -0.2) is 158 Å². The molecule has 2 aromatic carbocycles. The topological polar surface area (TPSA) is 437 Å². The molecular weight excluding hydrogens is 1060 g/mol. The third kappa shape index (κ3) is 26.0. The fraction of sp³-hybridized carbons (Fsp3) is 0.582. The Morgan fingerprint density at radius 2 is 0.901 bits per heavy atom. The molecule has 2 rings (SSSR count). The van der Waals surface area contributed by atoms with Gasteiger partial charge in [0.1, 0.15) is 54.1 Å². The fourth-order valence-corrected chi connectivity index (χ4v) is 8.29. The lowest BCUT2D eigenvalue weighted by atomic mass is 9.96. The minimum Gasteiger partial charge on any atom is -0.508 e. The third-order valence-electron chi connectivity index (χ3n) is 13.1. The van der Waals surface area contributed by atoms with E-state index in [9.17, 15) is 73.2 Å². The van der Waals surface area contributed by atoms with Gasteiger partial charge in [-0.05, 0) is 92.5 Å². The molecule has 0 unspecified atom stereocenters. The maximum Gasteiger partial charge on any atom is 0.326 e. The molecule has 450 valence electrons. The number of nitrogens with one attached hydrogen (secondary N) is 8. The Morgan fingerprint density at radius 3 is 1.38 bits per heavy atom. The Labute approximate surface area is 471 Å². The van der Waals surface area contributed by atoms with Crippen LogP contribution in [0.1, 0.15) is 117 Å². The molecule has 0 saturated carbocycles. The van der Waals surface area contributed by atoms with Gasteiger partial charge < -0.3 is 79.5 Å². The zero-order chi connectivity index (χ0) is 60.9. The molecule has 0 bridgehead atoms. The predicted octanol–water partition coefficient (Wildman–Crippen LogP) is -0.543. The molecule has 0 heterocycles. The van der Waals surface area contributed by atoms with Crippen molar-refractivity contribution in [3.05, 3.63) is 65.7 Å². The van der Waals surface area contributed by atoms with E-state index in [1.807, 2.05) is 0 Å². The number of carbonyl (C=O) groups is 11. The van der Waals surface area contributed by atoms with Gasteiger partial charge in [0.15, 0.2) is 0 Å². The average Bonchev–Trinajstić information content (AvgIpc) is 3.40. The highest BCUT2D eigenvalue weighted by Crippen LogP contribution is 2.16. The zero-order valence-electron chi connectivity index (χ0n) is 46.9. The molecular formula is C55H84N10O16. The van der Waals surface area contributed by atoms with Gasteiger partial charge in [0.25, 0.3) is 0 Å². The van der Waals surface area contributed by atoms with Gasteiger partial charge in [-0.15, -0.1) is 0 Å². The molecule has 0 fully saturated rings. The normalized spacial score (nSPS) is 14.9. The lowest BCUT2D eigenvalue weighted by molar-refractivity contribution is -0.143. The summed E-state index contributed by atoms with van der Waals surface area (Å²) in [4.78, 5) is 146. The highest BCUT2D eigenvalue weighted by atomic mass is 16.4. The van der Waals surface area contributed by atoms with Crippen LogP contribution in [-0.2, 0) is 65.6 Å². The summed E-state index contributed by atoms with van der Waals surface area (Å²) in [6.45, 7) is 9.64. The first-order chi connectivity index (χ1) is 38.2. The van der Waals surface area contributed by atoms with Crippen LogP contribution in [0.5, 0.6) is 5.75 Å². The molecule has 26 nitrogen and oxygen atoms in total. The number of unbranched alkanes of at least 4 members (excludes halogenated alkanes) is 1. The number of benzene rings is 2. The van der Waals surface area contributed by atoms with Gasteiger partial charge in [-0.2, -0.15) is 0 Å². The standard InChI is InChI=1S/C55H84N10O16/c1-7-32(6)46(54(79)58-37(21-23-45(70)71)48(73)59-38(55(80)81)15-11-12-24-56)65-52(77)40(26-31(4)5)61-50(75)42(28-34-16-18-35(67)19-17-34)63-53(78)43(29-66)64-51(76)41(27-33-13-9-8-10-14-33)62-49(74)39(25-30(2)3)60-47(72)36(57)20-22-44(68)69/h8-10,13-14,16-19,30-32,36-43,46,66-67H,7,11-12,15,20-29,56-57H2,1-6H3,(H,58,79)(H,59,73)(H,60,72)(H,61,75)(H,62,74)(H,63,78)(H,64,76)(H,65,77)(H,68,69)(H,70,71)(H,80,81)/t32-,36-,37-,38-,39-,40-,41-,42-,43-,46-/m0/s1. The zero-order valence-corrected chi connectivity index (χ0v) is 46.9. The number of amides is 8. The fourth-order valence-electron chi connectivity index (χ4n) is 8.29. The first-order valence-corrected chi connectivity index (χ1v) is 27.2. The van der Waals surface area contributed by atoms with Crippen LogP contribution in [0.4, 0.5) is 0 Å². The summed E-state index contributed by atoms with van der Waals surface area (Å²) in [5, 5.41) is 69.2. The number of phenolic OH excluding ortho intramolecular Hbond substituents is 1. The number of aliphatic hydroxyl groups is 1. The minimum absolute atomic E-state index is 0.00318. The number of rotatable bonds is 38. The van der Waals surface area contributed by atoms with E-state index < -0.39 is 151 Å². The number of phenols is 1. The van der Waals surface area contributed by atoms with Crippen LogP contribution in [0.15, 0.2) is 54.6 Å². The maximum atomic E-state index is 14.5. The molecule has 0 aromatic heterocycles. The number of carbonyl (C=O) groups excluding carboxylic acids is 8. The Bertz CT molecular complexity index is 2410. The van der Waals surface area contributed by atoms with Crippen molar-refractivity contribution in [1.29, 1.82) is 0 Å². The van der Waals surface area contributed by atoms with Gasteiger partial charge in [0.2, 0.25) is 47.3 Å². The average molecular weight is 1140 g/mol. The first kappa shape index (κ1) is 69.4. The van der Waals surface area contributed by atoms with E-state index >= 15 is 0 Å². The predicted molar refractivity (Wildman–Crippen MR) is 295 cm³/mol. The summed E-state index contributed by atoms with van der Waals surface area (Å²) < 4.78 is 0. The van der Waals surface area contributed by atoms with E-state index in [4.69, 9.17) is 16.6 Å². The first-order valence-electron chi connectivity index (χ1n) is 27.2. The summed E-state index contributed by atoms with van der Waals surface area (Å²) in [6.07, 6.45) is -0.911. The molecule has 0 aliphatic heterocycles. The quantitative estimate of drug-likeness (QED) is 0.0375. The molecule has 10 atom stereocenters. The lowest BCUT2D eigenvalue weighted by Gasteiger charge is -2.30. The lowest BCUT2D eigenvalue weighted by Crippen LogP contribution is -2.62. The molecule has 26 heteroatoms. The van der Waals surface area contributed by atoms with Crippen molar-refractivity contribution in [3.63, 3.8) is 0 Å². The third-order valence-corrected chi connectivity index (χ3v) is 13.1. The second-order valence-electron chi connectivity index (χ2n) is 20.9. The van der Waals surface area contributed by atoms with Gasteiger partial charge in [-0.1, -0.05) is 90.4 Å². The Morgan fingerprint density at radius 1 is 0.481 bits per heavy atom. The van der Waals surface area contributed by atoms with E-state index in [2.05, 4.69) is 42.5 Å². The number of aromatic hydroxyl groups is 1. The van der Waals surface area contributed by atoms with Crippen LogP contribution in [0.25, 0.3) is 0 Å². The molecule has 2 aromatic rings. The highest BCUT2D eigenvalue weighted by Gasteiger charge is 2.37. The van der Waals surface area contributed by atoms with Crippen molar-refractivity contribution in [2.24, 2.45) is 29.2 Å². The van der Waals surface area contributed by atoms with E-state index in [-0.39, 0.29) is 62.7 Å². The Balaban J connectivity index is 2.49. The van der Waals surface area contributed by atoms with Crippen LogP contribution in [0.3, 0.4) is 0 Å². The van der Waals surface area contributed by atoms with Gasteiger partial charge in [-0.3, -0.25) is 47.9 Å². The number of aliphatic carboxylic acids is 3. The number of aliphatic hydroxyl groups excluding tert-OH is 1. The van der Waals surface area contributed by atoms with Crippen LogP contribution < -0.4 is 54.0 Å². The number of hydrogen-bond acceptors (Lipinski definition) is 15. The van der Waals surface area contributed by atoms with Gasteiger partial charge in [-0.25, -0.2) is 4.79 Å².